The van der Waals surface area contributed by atoms with E-state index >= 15 is 0 Å². The third kappa shape index (κ3) is 2.88. The van der Waals surface area contributed by atoms with E-state index in [-0.39, 0.29) is 5.91 Å². The molecule has 2 aromatic rings. The molecule has 0 aliphatic heterocycles. The molecular formula is C12H13N3OS. The van der Waals surface area contributed by atoms with Gasteiger partial charge < -0.3 is 5.32 Å². The van der Waals surface area contributed by atoms with E-state index in [2.05, 4.69) is 15.3 Å². The van der Waals surface area contributed by atoms with Crippen LogP contribution in [0.15, 0.2) is 24.5 Å². The third-order valence-corrected chi connectivity index (χ3v) is 3.36. The minimum absolute atomic E-state index is 0.0723. The molecule has 2 heterocycles. The number of rotatable bonds is 3. The number of thiazole rings is 1. The number of hydrogen-bond donors (Lipinski definition) is 1. The lowest BCUT2D eigenvalue weighted by Crippen LogP contribution is -2.22. The Balaban J connectivity index is 2.01. The predicted octanol–water partition coefficient (Wildman–Crippen LogP) is 2.08. The van der Waals surface area contributed by atoms with E-state index in [4.69, 9.17) is 0 Å². The van der Waals surface area contributed by atoms with Crippen LogP contribution < -0.4 is 5.32 Å². The number of aryl methyl sites for hydroxylation is 2. The summed E-state index contributed by atoms with van der Waals surface area (Å²) in [5.74, 6) is -0.0723. The summed E-state index contributed by atoms with van der Waals surface area (Å²) in [5, 5.41) is 3.77. The Kier molecular flexibility index (Phi) is 3.49. The molecule has 0 atom stereocenters. The Labute approximate surface area is 104 Å². The monoisotopic (exact) mass is 247 g/mol. The molecule has 17 heavy (non-hydrogen) atoms. The molecule has 2 rings (SSSR count). The van der Waals surface area contributed by atoms with Gasteiger partial charge in [-0.15, -0.1) is 11.3 Å². The van der Waals surface area contributed by atoms with E-state index in [0.717, 1.165) is 16.3 Å². The van der Waals surface area contributed by atoms with Crippen LogP contribution in [0.3, 0.4) is 0 Å². The zero-order valence-corrected chi connectivity index (χ0v) is 10.5. The molecule has 0 fully saturated rings. The van der Waals surface area contributed by atoms with Crippen LogP contribution in [0.4, 0.5) is 0 Å². The van der Waals surface area contributed by atoms with Crippen LogP contribution in [0.25, 0.3) is 0 Å². The summed E-state index contributed by atoms with van der Waals surface area (Å²) >= 11 is 1.42. The molecule has 5 heteroatoms. The van der Waals surface area contributed by atoms with Gasteiger partial charge in [-0.3, -0.25) is 9.78 Å². The molecule has 0 unspecified atom stereocenters. The van der Waals surface area contributed by atoms with Gasteiger partial charge in [0.25, 0.3) is 5.91 Å². The van der Waals surface area contributed by atoms with Crippen molar-refractivity contribution < 1.29 is 4.79 Å². The maximum Gasteiger partial charge on any atom is 0.263 e. The van der Waals surface area contributed by atoms with Crippen LogP contribution in [0, 0.1) is 13.8 Å². The maximum absolute atomic E-state index is 11.9. The summed E-state index contributed by atoms with van der Waals surface area (Å²) in [4.78, 5) is 20.8. The minimum Gasteiger partial charge on any atom is -0.347 e. The van der Waals surface area contributed by atoms with Crippen LogP contribution in [-0.2, 0) is 6.54 Å². The molecular weight excluding hydrogens is 234 g/mol. The Morgan fingerprint density at radius 3 is 2.88 bits per heavy atom. The molecule has 0 saturated carbocycles. The fourth-order valence-corrected chi connectivity index (χ4v) is 2.34. The molecule has 0 aromatic carbocycles. The Hall–Kier alpha value is -1.75. The Morgan fingerprint density at radius 1 is 1.47 bits per heavy atom. The van der Waals surface area contributed by atoms with Crippen LogP contribution >= 0.6 is 11.3 Å². The summed E-state index contributed by atoms with van der Waals surface area (Å²) in [6.07, 6.45) is 3.45. The Bertz CT molecular complexity index is 522. The van der Waals surface area contributed by atoms with Crippen molar-refractivity contribution in [1.29, 1.82) is 0 Å². The summed E-state index contributed by atoms with van der Waals surface area (Å²) in [7, 11) is 0. The molecule has 1 N–H and O–H groups in total. The molecule has 88 valence electrons. The second-order valence-electron chi connectivity index (χ2n) is 3.69. The number of aromatic nitrogens is 2. The number of nitrogens with zero attached hydrogens (tertiary/aromatic N) is 2. The number of carbonyl (C=O) groups excluding carboxylic acids is 1. The average Bonchev–Trinajstić information content (AvgIpc) is 2.67. The van der Waals surface area contributed by atoms with Gasteiger partial charge in [-0.1, -0.05) is 6.07 Å². The van der Waals surface area contributed by atoms with E-state index in [1.54, 1.807) is 12.4 Å². The van der Waals surface area contributed by atoms with Crippen molar-refractivity contribution in [1.82, 2.24) is 15.3 Å². The molecule has 0 radical (unpaired) electrons. The number of hydrogen-bond acceptors (Lipinski definition) is 4. The lowest BCUT2D eigenvalue weighted by Gasteiger charge is -2.03. The second kappa shape index (κ2) is 5.05. The van der Waals surface area contributed by atoms with E-state index in [9.17, 15) is 4.79 Å². The predicted molar refractivity (Wildman–Crippen MR) is 67.0 cm³/mol. The molecule has 4 nitrogen and oxygen atoms in total. The highest BCUT2D eigenvalue weighted by atomic mass is 32.1. The van der Waals surface area contributed by atoms with Crippen LogP contribution in [0.2, 0.25) is 0 Å². The summed E-state index contributed by atoms with van der Waals surface area (Å²) in [6.45, 7) is 4.24. The van der Waals surface area contributed by atoms with Gasteiger partial charge in [0.05, 0.1) is 10.7 Å². The number of nitrogens with one attached hydrogen (secondary N) is 1. The normalized spacial score (nSPS) is 10.2. The average molecular weight is 247 g/mol. The molecule has 2 aromatic heterocycles. The third-order valence-electron chi connectivity index (χ3n) is 2.29. The van der Waals surface area contributed by atoms with Gasteiger partial charge in [0.2, 0.25) is 0 Å². The first-order valence-corrected chi connectivity index (χ1v) is 6.09. The van der Waals surface area contributed by atoms with Gasteiger partial charge in [0, 0.05) is 18.9 Å². The number of pyridine rings is 1. The quantitative estimate of drug-likeness (QED) is 0.903. The topological polar surface area (TPSA) is 54.9 Å². The first-order chi connectivity index (χ1) is 8.16. The van der Waals surface area contributed by atoms with Gasteiger partial charge >= 0.3 is 0 Å². The number of carbonyl (C=O) groups is 1. The highest BCUT2D eigenvalue weighted by molar-refractivity contribution is 7.13. The van der Waals surface area contributed by atoms with E-state index in [0.29, 0.717) is 11.4 Å². The van der Waals surface area contributed by atoms with Gasteiger partial charge in [-0.05, 0) is 25.5 Å². The summed E-state index contributed by atoms with van der Waals surface area (Å²) in [5.41, 5.74) is 1.77. The van der Waals surface area contributed by atoms with Gasteiger partial charge in [-0.2, -0.15) is 0 Å². The standard InChI is InChI=1S/C12H13N3OS/c1-8-11(17-9(2)15-8)12(16)14-7-10-4-3-5-13-6-10/h3-6H,7H2,1-2H3,(H,14,16). The molecule has 1 amide bonds. The molecule has 0 bridgehead atoms. The van der Waals surface area contributed by atoms with Crippen molar-refractivity contribution in [3.63, 3.8) is 0 Å². The first-order valence-electron chi connectivity index (χ1n) is 5.28. The fourth-order valence-electron chi connectivity index (χ4n) is 1.51. The van der Waals surface area contributed by atoms with Crippen molar-refractivity contribution in [2.24, 2.45) is 0 Å². The van der Waals surface area contributed by atoms with Crippen molar-refractivity contribution in [3.8, 4) is 0 Å². The summed E-state index contributed by atoms with van der Waals surface area (Å²) in [6, 6.07) is 3.78. The van der Waals surface area contributed by atoms with Crippen molar-refractivity contribution in [2.45, 2.75) is 20.4 Å². The highest BCUT2D eigenvalue weighted by Crippen LogP contribution is 2.16. The SMILES string of the molecule is Cc1nc(C)c(C(=O)NCc2cccnc2)s1. The van der Waals surface area contributed by atoms with Crippen LogP contribution in [0.1, 0.15) is 25.9 Å². The largest absolute Gasteiger partial charge is 0.347 e. The second-order valence-corrected chi connectivity index (χ2v) is 4.89. The van der Waals surface area contributed by atoms with Crippen molar-refractivity contribution in [3.05, 3.63) is 45.7 Å². The maximum atomic E-state index is 11.9. The Morgan fingerprint density at radius 2 is 2.29 bits per heavy atom. The van der Waals surface area contributed by atoms with E-state index in [1.807, 2.05) is 26.0 Å². The zero-order chi connectivity index (χ0) is 12.3. The molecule has 0 saturated heterocycles. The smallest absolute Gasteiger partial charge is 0.263 e. The van der Waals surface area contributed by atoms with Crippen molar-refractivity contribution in [2.75, 3.05) is 0 Å². The fraction of sp³-hybridized carbons (Fsp3) is 0.250. The lowest BCUT2D eigenvalue weighted by molar-refractivity contribution is 0.0954. The van der Waals surface area contributed by atoms with Crippen LogP contribution in [0.5, 0.6) is 0 Å². The number of amides is 1. The van der Waals surface area contributed by atoms with E-state index < -0.39 is 0 Å². The van der Waals surface area contributed by atoms with Gasteiger partial charge in [0.1, 0.15) is 4.88 Å². The molecule has 0 aliphatic carbocycles. The van der Waals surface area contributed by atoms with Gasteiger partial charge in [-0.25, -0.2) is 4.98 Å². The van der Waals surface area contributed by atoms with Crippen LogP contribution in [-0.4, -0.2) is 15.9 Å². The molecule has 0 spiro atoms. The van der Waals surface area contributed by atoms with Gasteiger partial charge in [0.15, 0.2) is 0 Å². The summed E-state index contributed by atoms with van der Waals surface area (Å²) < 4.78 is 0. The highest BCUT2D eigenvalue weighted by Gasteiger charge is 2.12. The molecule has 0 aliphatic rings. The minimum atomic E-state index is -0.0723. The first kappa shape index (κ1) is 11.7. The van der Waals surface area contributed by atoms with E-state index in [1.165, 1.54) is 11.3 Å². The zero-order valence-electron chi connectivity index (χ0n) is 9.73. The van der Waals surface area contributed by atoms with Crippen molar-refractivity contribution >= 4 is 17.2 Å². The lowest BCUT2D eigenvalue weighted by atomic mass is 10.3.